The van der Waals surface area contributed by atoms with Gasteiger partial charge in [0.15, 0.2) is 11.5 Å². The zero-order valence-electron chi connectivity index (χ0n) is 6.15. The molecule has 1 aromatic rings. The molecule has 0 bridgehead atoms. The Hall–Kier alpha value is -1.22. The van der Waals surface area contributed by atoms with Crippen molar-refractivity contribution in [3.63, 3.8) is 0 Å². The molecular formula is C8H10O3. The molecule has 3 nitrogen and oxygen atoms in total. The molecule has 0 aliphatic carbocycles. The number of aliphatic hydroxyl groups is 1. The predicted molar refractivity (Wildman–Crippen MR) is 40.4 cm³/mol. The molecule has 1 rings (SSSR count). The van der Waals surface area contributed by atoms with Crippen LogP contribution in [0.2, 0.25) is 0 Å². The van der Waals surface area contributed by atoms with Crippen molar-refractivity contribution in [3.05, 3.63) is 23.8 Å². The molecular weight excluding hydrogens is 144 g/mol. The van der Waals surface area contributed by atoms with Gasteiger partial charge in [-0.3, -0.25) is 0 Å². The molecule has 0 saturated carbocycles. The minimum atomic E-state index is -0.624. The molecule has 0 radical (unpaired) electrons. The van der Waals surface area contributed by atoms with E-state index in [2.05, 4.69) is 0 Å². The molecule has 0 fully saturated rings. The number of phenols is 2. The predicted octanol–water partition coefficient (Wildman–Crippen LogP) is 1.15. The first-order valence-electron chi connectivity index (χ1n) is 3.31. The summed E-state index contributed by atoms with van der Waals surface area (Å²) in [7, 11) is 0. The van der Waals surface area contributed by atoms with Crippen LogP contribution in [0.5, 0.6) is 11.5 Å². The van der Waals surface area contributed by atoms with Gasteiger partial charge in [0.05, 0.1) is 6.10 Å². The second-order valence-electron chi connectivity index (χ2n) is 2.42. The maximum Gasteiger partial charge on any atom is 0.157 e. The average molecular weight is 154 g/mol. The van der Waals surface area contributed by atoms with Crippen LogP contribution in [0.3, 0.4) is 0 Å². The zero-order valence-corrected chi connectivity index (χ0v) is 6.15. The summed E-state index contributed by atoms with van der Waals surface area (Å²) in [4.78, 5) is 0. The molecule has 3 heteroatoms. The molecule has 1 atom stereocenters. The van der Waals surface area contributed by atoms with Crippen molar-refractivity contribution in [1.29, 1.82) is 0 Å². The number of aliphatic hydroxyl groups excluding tert-OH is 1. The van der Waals surface area contributed by atoms with Crippen molar-refractivity contribution >= 4 is 0 Å². The second-order valence-corrected chi connectivity index (χ2v) is 2.42. The third-order valence-electron chi connectivity index (χ3n) is 1.48. The van der Waals surface area contributed by atoms with Crippen LogP contribution in [-0.2, 0) is 0 Å². The molecule has 3 N–H and O–H groups in total. The Labute approximate surface area is 64.5 Å². The Morgan fingerprint density at radius 2 is 1.82 bits per heavy atom. The molecule has 0 aliphatic heterocycles. The van der Waals surface area contributed by atoms with Crippen molar-refractivity contribution in [2.45, 2.75) is 13.0 Å². The first-order valence-corrected chi connectivity index (χ1v) is 3.31. The topological polar surface area (TPSA) is 60.7 Å². The fourth-order valence-corrected chi connectivity index (χ4v) is 0.800. The van der Waals surface area contributed by atoms with Gasteiger partial charge in [0.2, 0.25) is 0 Å². The van der Waals surface area contributed by atoms with Gasteiger partial charge < -0.3 is 15.3 Å². The first-order chi connectivity index (χ1) is 5.11. The summed E-state index contributed by atoms with van der Waals surface area (Å²) in [5.41, 5.74) is 0.584. The van der Waals surface area contributed by atoms with E-state index in [-0.39, 0.29) is 11.5 Å². The molecule has 1 aromatic carbocycles. The SMILES string of the molecule is C[C@@H](O)c1ccc(O)c(O)c1. The molecule has 0 amide bonds. The van der Waals surface area contributed by atoms with Gasteiger partial charge in [-0.2, -0.15) is 0 Å². The number of rotatable bonds is 1. The van der Waals surface area contributed by atoms with Crippen molar-refractivity contribution < 1.29 is 15.3 Å². The highest BCUT2D eigenvalue weighted by Gasteiger charge is 2.03. The maximum absolute atomic E-state index is 9.05. The van der Waals surface area contributed by atoms with Crippen LogP contribution < -0.4 is 0 Å². The summed E-state index contributed by atoms with van der Waals surface area (Å²) >= 11 is 0. The molecule has 11 heavy (non-hydrogen) atoms. The quantitative estimate of drug-likeness (QED) is 0.532. The Balaban J connectivity index is 3.05. The smallest absolute Gasteiger partial charge is 0.157 e. The van der Waals surface area contributed by atoms with Gasteiger partial charge >= 0.3 is 0 Å². The van der Waals surface area contributed by atoms with Crippen molar-refractivity contribution in [2.24, 2.45) is 0 Å². The monoisotopic (exact) mass is 154 g/mol. The standard InChI is InChI=1S/C8H10O3/c1-5(9)6-2-3-7(10)8(11)4-6/h2-5,9-11H,1H3/t5-/m1/s1. The average Bonchev–Trinajstić information content (AvgIpc) is 1.94. The summed E-state index contributed by atoms with van der Waals surface area (Å²) in [5, 5.41) is 26.9. The Kier molecular flexibility index (Phi) is 2.01. The van der Waals surface area contributed by atoms with E-state index >= 15 is 0 Å². The molecule has 0 aliphatic rings. The number of hydrogen-bond acceptors (Lipinski definition) is 3. The highest BCUT2D eigenvalue weighted by molar-refractivity contribution is 5.40. The molecule has 0 saturated heterocycles. The van der Waals surface area contributed by atoms with Crippen molar-refractivity contribution in [3.8, 4) is 11.5 Å². The van der Waals surface area contributed by atoms with Crippen LogP contribution in [0.1, 0.15) is 18.6 Å². The lowest BCUT2D eigenvalue weighted by molar-refractivity contribution is 0.198. The minimum absolute atomic E-state index is 0.172. The number of phenolic OH excluding ortho intramolecular Hbond substituents is 2. The largest absolute Gasteiger partial charge is 0.504 e. The van der Waals surface area contributed by atoms with E-state index < -0.39 is 6.10 Å². The lowest BCUT2D eigenvalue weighted by atomic mass is 10.1. The molecule has 0 heterocycles. The third-order valence-corrected chi connectivity index (χ3v) is 1.48. The Bertz CT molecular complexity index is 256. The van der Waals surface area contributed by atoms with E-state index in [1.54, 1.807) is 13.0 Å². The normalized spacial score (nSPS) is 12.9. The van der Waals surface area contributed by atoms with Crippen LogP contribution in [0.4, 0.5) is 0 Å². The third kappa shape index (κ3) is 1.62. The minimum Gasteiger partial charge on any atom is -0.504 e. The molecule has 0 spiro atoms. The van der Waals surface area contributed by atoms with E-state index in [1.165, 1.54) is 12.1 Å². The van der Waals surface area contributed by atoms with E-state index in [0.29, 0.717) is 5.56 Å². The summed E-state index contributed by atoms with van der Waals surface area (Å²) in [6, 6.07) is 4.23. The summed E-state index contributed by atoms with van der Waals surface area (Å²) in [6.07, 6.45) is -0.624. The van der Waals surface area contributed by atoms with E-state index in [1.807, 2.05) is 0 Å². The van der Waals surface area contributed by atoms with Gasteiger partial charge in [0, 0.05) is 0 Å². The summed E-state index contributed by atoms with van der Waals surface area (Å²) in [6.45, 7) is 1.59. The van der Waals surface area contributed by atoms with Crippen molar-refractivity contribution in [2.75, 3.05) is 0 Å². The van der Waals surface area contributed by atoms with Crippen molar-refractivity contribution in [1.82, 2.24) is 0 Å². The van der Waals surface area contributed by atoms with Crippen LogP contribution in [0.25, 0.3) is 0 Å². The lowest BCUT2D eigenvalue weighted by Gasteiger charge is -2.04. The first kappa shape index (κ1) is 7.88. The Morgan fingerprint density at radius 3 is 2.27 bits per heavy atom. The van der Waals surface area contributed by atoms with E-state index in [9.17, 15) is 0 Å². The highest BCUT2D eigenvalue weighted by atomic mass is 16.3. The van der Waals surface area contributed by atoms with Gasteiger partial charge in [-0.25, -0.2) is 0 Å². The van der Waals surface area contributed by atoms with E-state index in [0.717, 1.165) is 0 Å². The molecule has 60 valence electrons. The number of aromatic hydroxyl groups is 2. The number of benzene rings is 1. The van der Waals surface area contributed by atoms with Gasteiger partial charge in [-0.05, 0) is 24.6 Å². The van der Waals surface area contributed by atoms with Gasteiger partial charge in [0.1, 0.15) is 0 Å². The Morgan fingerprint density at radius 1 is 1.18 bits per heavy atom. The fourth-order valence-electron chi connectivity index (χ4n) is 0.800. The summed E-state index contributed by atoms with van der Waals surface area (Å²) in [5.74, 6) is -0.377. The zero-order chi connectivity index (χ0) is 8.43. The molecule has 0 unspecified atom stereocenters. The second kappa shape index (κ2) is 2.80. The van der Waals surface area contributed by atoms with Gasteiger partial charge in [-0.1, -0.05) is 6.07 Å². The summed E-state index contributed by atoms with van der Waals surface area (Å²) < 4.78 is 0. The highest BCUT2D eigenvalue weighted by Crippen LogP contribution is 2.27. The van der Waals surface area contributed by atoms with Gasteiger partial charge in [0.25, 0.3) is 0 Å². The van der Waals surface area contributed by atoms with E-state index in [4.69, 9.17) is 15.3 Å². The fraction of sp³-hybridized carbons (Fsp3) is 0.250. The maximum atomic E-state index is 9.05. The lowest BCUT2D eigenvalue weighted by Crippen LogP contribution is -1.89. The van der Waals surface area contributed by atoms with Crippen LogP contribution >= 0.6 is 0 Å². The van der Waals surface area contributed by atoms with Gasteiger partial charge in [-0.15, -0.1) is 0 Å². The number of hydrogen-bond donors (Lipinski definition) is 3. The van der Waals surface area contributed by atoms with Crippen LogP contribution in [0.15, 0.2) is 18.2 Å². The van der Waals surface area contributed by atoms with Crippen LogP contribution in [0, 0.1) is 0 Å². The molecule has 0 aromatic heterocycles. The van der Waals surface area contributed by atoms with Crippen LogP contribution in [-0.4, -0.2) is 15.3 Å².